The molecule has 6 heteroatoms. The van der Waals surface area contributed by atoms with Gasteiger partial charge in [-0.3, -0.25) is 4.79 Å². The summed E-state index contributed by atoms with van der Waals surface area (Å²) in [4.78, 5) is 11.9. The van der Waals surface area contributed by atoms with E-state index in [-0.39, 0.29) is 5.91 Å². The molecule has 6 nitrogen and oxygen atoms in total. The molecule has 0 atom stereocenters. The van der Waals surface area contributed by atoms with E-state index in [9.17, 15) is 4.79 Å². The summed E-state index contributed by atoms with van der Waals surface area (Å²) in [6.07, 6.45) is 2.46. The molecular weight excluding hydrogens is 306 g/mol. The molecule has 0 saturated heterocycles. The fraction of sp³-hybridized carbons (Fsp3) is 0.222. The number of nitrogens with two attached hydrogens (primary N) is 1. The third-order valence-corrected chi connectivity index (χ3v) is 3.20. The molecule has 0 radical (unpaired) electrons. The van der Waals surface area contributed by atoms with Crippen LogP contribution < -0.4 is 20.6 Å². The lowest BCUT2D eigenvalue weighted by Gasteiger charge is -2.10. The van der Waals surface area contributed by atoms with E-state index >= 15 is 0 Å². The fourth-order valence-electron chi connectivity index (χ4n) is 1.96. The smallest absolute Gasteiger partial charge is 0.271 e. The predicted octanol–water partition coefficient (Wildman–Crippen LogP) is 2.83. The largest absolute Gasteiger partial charge is 0.493 e. The van der Waals surface area contributed by atoms with Gasteiger partial charge in [0, 0.05) is 11.3 Å². The summed E-state index contributed by atoms with van der Waals surface area (Å²) >= 11 is 0. The Labute approximate surface area is 141 Å². The molecule has 0 aliphatic heterocycles. The average molecular weight is 327 g/mol. The number of methoxy groups -OCH3 is 1. The molecule has 0 bridgehead atoms. The number of ether oxygens (including phenoxy) is 2. The Hall–Kier alpha value is -3.02. The molecule has 3 N–H and O–H groups in total. The lowest BCUT2D eigenvalue weighted by atomic mass is 10.2. The summed E-state index contributed by atoms with van der Waals surface area (Å²) in [5.74, 6) is 1.00. The van der Waals surface area contributed by atoms with E-state index in [1.165, 1.54) is 0 Å². The van der Waals surface area contributed by atoms with E-state index < -0.39 is 0 Å². The van der Waals surface area contributed by atoms with Gasteiger partial charge in [-0.2, -0.15) is 5.10 Å². The highest BCUT2D eigenvalue weighted by molar-refractivity contribution is 5.95. The lowest BCUT2D eigenvalue weighted by Crippen LogP contribution is -2.17. The number of carbonyl (C=O) groups is 1. The Morgan fingerprint density at radius 1 is 1.21 bits per heavy atom. The normalized spacial score (nSPS) is 10.6. The number of benzene rings is 2. The number of anilines is 1. The van der Waals surface area contributed by atoms with Crippen LogP contribution in [0, 0.1) is 0 Å². The molecule has 0 fully saturated rings. The highest BCUT2D eigenvalue weighted by atomic mass is 16.5. The Balaban J connectivity index is 2.00. The van der Waals surface area contributed by atoms with Crippen LogP contribution in [0.1, 0.15) is 29.3 Å². The fourth-order valence-corrected chi connectivity index (χ4v) is 1.96. The van der Waals surface area contributed by atoms with Gasteiger partial charge in [0.05, 0.1) is 19.9 Å². The van der Waals surface area contributed by atoms with Crippen molar-refractivity contribution >= 4 is 17.8 Å². The Morgan fingerprint density at radius 3 is 2.62 bits per heavy atom. The molecule has 1 amide bonds. The molecule has 0 spiro atoms. The summed E-state index contributed by atoms with van der Waals surface area (Å²) < 4.78 is 10.9. The quantitative estimate of drug-likeness (QED) is 0.465. The topological polar surface area (TPSA) is 85.9 Å². The van der Waals surface area contributed by atoms with Crippen LogP contribution in [0.5, 0.6) is 11.5 Å². The van der Waals surface area contributed by atoms with E-state index in [0.717, 1.165) is 12.0 Å². The third-order valence-electron chi connectivity index (χ3n) is 3.20. The first-order chi connectivity index (χ1) is 11.6. The van der Waals surface area contributed by atoms with Gasteiger partial charge in [0.15, 0.2) is 11.5 Å². The standard InChI is InChI=1S/C18H21N3O3/c1-3-10-24-16-9-4-13(11-17(16)23-2)12-20-21-18(22)14-5-7-15(19)8-6-14/h4-9,11-12H,3,10,19H2,1-2H3,(H,21,22)/b20-12+. The van der Waals surface area contributed by atoms with Crippen molar-refractivity contribution in [1.82, 2.24) is 5.43 Å². The summed E-state index contributed by atoms with van der Waals surface area (Å²) in [6, 6.07) is 12.1. The molecule has 0 unspecified atom stereocenters. The molecule has 0 aliphatic carbocycles. The number of nitrogen functional groups attached to an aromatic ring is 1. The molecule has 0 aromatic heterocycles. The number of amides is 1. The van der Waals surface area contributed by atoms with Gasteiger partial charge in [-0.15, -0.1) is 0 Å². The summed E-state index contributed by atoms with van der Waals surface area (Å²) in [5, 5.41) is 3.96. The second-order valence-corrected chi connectivity index (χ2v) is 5.08. The SMILES string of the molecule is CCCOc1ccc(/C=N/NC(=O)c2ccc(N)cc2)cc1OC. The van der Waals surface area contributed by atoms with Gasteiger partial charge in [-0.05, 0) is 54.4 Å². The minimum Gasteiger partial charge on any atom is -0.493 e. The van der Waals surface area contributed by atoms with Crippen molar-refractivity contribution < 1.29 is 14.3 Å². The van der Waals surface area contributed by atoms with Gasteiger partial charge >= 0.3 is 0 Å². The number of carbonyl (C=O) groups excluding carboxylic acids is 1. The first kappa shape index (κ1) is 17.3. The van der Waals surface area contributed by atoms with Crippen LogP contribution in [0.3, 0.4) is 0 Å². The molecule has 0 heterocycles. The highest BCUT2D eigenvalue weighted by Gasteiger charge is 2.05. The first-order valence-corrected chi connectivity index (χ1v) is 7.63. The third kappa shape index (κ3) is 4.74. The van der Waals surface area contributed by atoms with Gasteiger partial charge in [0.25, 0.3) is 5.91 Å². The Morgan fingerprint density at radius 2 is 1.96 bits per heavy atom. The molecule has 2 rings (SSSR count). The van der Waals surface area contributed by atoms with Gasteiger partial charge in [-0.25, -0.2) is 5.43 Å². The number of nitrogens with one attached hydrogen (secondary N) is 1. The van der Waals surface area contributed by atoms with Crippen LogP contribution in [0.25, 0.3) is 0 Å². The van der Waals surface area contributed by atoms with Crippen molar-refractivity contribution in [2.24, 2.45) is 5.10 Å². The number of hydrazone groups is 1. The van der Waals surface area contributed by atoms with Crippen LogP contribution in [0.4, 0.5) is 5.69 Å². The maximum absolute atomic E-state index is 11.9. The van der Waals surface area contributed by atoms with Crippen LogP contribution >= 0.6 is 0 Å². The monoisotopic (exact) mass is 327 g/mol. The molecule has 0 saturated carbocycles. The number of hydrogen-bond acceptors (Lipinski definition) is 5. The Kier molecular flexibility index (Phi) is 6.19. The van der Waals surface area contributed by atoms with Gasteiger partial charge in [-0.1, -0.05) is 6.92 Å². The molecule has 0 aliphatic rings. The van der Waals surface area contributed by atoms with Crippen molar-refractivity contribution in [2.45, 2.75) is 13.3 Å². The molecule has 2 aromatic carbocycles. The van der Waals surface area contributed by atoms with Crippen molar-refractivity contribution in [3.63, 3.8) is 0 Å². The van der Waals surface area contributed by atoms with E-state index in [4.69, 9.17) is 15.2 Å². The summed E-state index contributed by atoms with van der Waals surface area (Å²) in [5.41, 5.74) is 9.94. The van der Waals surface area contributed by atoms with E-state index in [1.54, 1.807) is 43.7 Å². The maximum Gasteiger partial charge on any atom is 0.271 e. The highest BCUT2D eigenvalue weighted by Crippen LogP contribution is 2.27. The predicted molar refractivity (Wildman–Crippen MR) is 94.7 cm³/mol. The van der Waals surface area contributed by atoms with E-state index in [0.29, 0.717) is 29.4 Å². The zero-order valence-corrected chi connectivity index (χ0v) is 13.8. The van der Waals surface area contributed by atoms with Crippen molar-refractivity contribution in [1.29, 1.82) is 0 Å². The first-order valence-electron chi connectivity index (χ1n) is 7.63. The van der Waals surface area contributed by atoms with Crippen molar-refractivity contribution in [3.8, 4) is 11.5 Å². The second-order valence-electron chi connectivity index (χ2n) is 5.08. The summed E-state index contributed by atoms with van der Waals surface area (Å²) in [6.45, 7) is 2.67. The van der Waals surface area contributed by atoms with E-state index in [1.807, 2.05) is 19.1 Å². The Bertz CT molecular complexity index is 712. The molecule has 24 heavy (non-hydrogen) atoms. The zero-order chi connectivity index (χ0) is 17.4. The van der Waals surface area contributed by atoms with Gasteiger partial charge in [0.2, 0.25) is 0 Å². The molecule has 126 valence electrons. The maximum atomic E-state index is 11.9. The van der Waals surface area contributed by atoms with Crippen LogP contribution in [-0.2, 0) is 0 Å². The summed E-state index contributed by atoms with van der Waals surface area (Å²) in [7, 11) is 1.58. The van der Waals surface area contributed by atoms with E-state index in [2.05, 4.69) is 10.5 Å². The van der Waals surface area contributed by atoms with Gasteiger partial charge in [0.1, 0.15) is 0 Å². The van der Waals surface area contributed by atoms with Crippen LogP contribution in [0.2, 0.25) is 0 Å². The number of nitrogens with zero attached hydrogens (tertiary/aromatic N) is 1. The van der Waals surface area contributed by atoms with Crippen LogP contribution in [0.15, 0.2) is 47.6 Å². The zero-order valence-electron chi connectivity index (χ0n) is 13.8. The van der Waals surface area contributed by atoms with Crippen molar-refractivity contribution in [3.05, 3.63) is 53.6 Å². The van der Waals surface area contributed by atoms with Crippen molar-refractivity contribution in [2.75, 3.05) is 19.5 Å². The minimum atomic E-state index is -0.305. The average Bonchev–Trinajstić information content (AvgIpc) is 2.60. The molecule has 2 aromatic rings. The second kappa shape index (κ2) is 8.57. The lowest BCUT2D eigenvalue weighted by molar-refractivity contribution is 0.0955. The van der Waals surface area contributed by atoms with Gasteiger partial charge < -0.3 is 15.2 Å². The number of hydrogen-bond donors (Lipinski definition) is 2. The minimum absolute atomic E-state index is 0.305. The molecular formula is C18H21N3O3. The number of rotatable bonds is 7. The van der Waals surface area contributed by atoms with Crippen LogP contribution in [-0.4, -0.2) is 25.8 Å².